The van der Waals surface area contributed by atoms with Gasteiger partial charge in [0.25, 0.3) is 0 Å². The Morgan fingerprint density at radius 1 is 0.741 bits per heavy atom. The minimum Gasteiger partial charge on any atom is -0.550 e. The molecule has 0 amide bonds. The number of carboxylic acid groups (broad SMARTS) is 2. The normalized spacial score (nSPS) is 9.93. The molecule has 0 saturated carbocycles. The van der Waals surface area contributed by atoms with Crippen LogP contribution in [0.3, 0.4) is 0 Å². The van der Waals surface area contributed by atoms with Crippen LogP contribution in [0.5, 0.6) is 0 Å². The maximum atomic E-state index is 10.2. The van der Waals surface area contributed by atoms with Gasteiger partial charge in [0.05, 0.1) is 5.97 Å². The summed E-state index contributed by atoms with van der Waals surface area (Å²) in [6.07, 6.45) is 17.0. The average molecular weight is 409 g/mol. The summed E-state index contributed by atoms with van der Waals surface area (Å²) in [7, 11) is 0. The second-order valence-corrected chi connectivity index (χ2v) is 7.61. The van der Waals surface area contributed by atoms with E-state index in [1.165, 1.54) is 77.6 Å². The van der Waals surface area contributed by atoms with Crippen molar-refractivity contribution in [3.05, 3.63) is 12.2 Å². The molecule has 0 saturated heterocycles. The molecule has 0 aromatic carbocycles. The van der Waals surface area contributed by atoms with Crippen molar-refractivity contribution >= 4 is 49.7 Å². The maximum absolute atomic E-state index is 10.2. The van der Waals surface area contributed by atoms with Crippen LogP contribution in [-0.4, -0.2) is 49.7 Å². The van der Waals surface area contributed by atoms with Gasteiger partial charge in [-0.3, -0.25) is 0 Å². The van der Waals surface area contributed by atoms with Crippen LogP contribution >= 0.6 is 0 Å². The molecule has 0 radical (unpaired) electrons. The Hall–Kier alpha value is -0.0603. The number of hydrogen-bond donors (Lipinski definition) is 0. The minimum absolute atomic E-state index is 0. The molecule has 0 bridgehead atoms. The van der Waals surface area contributed by atoms with Gasteiger partial charge in [-0.05, 0) is 31.3 Å². The zero-order valence-corrected chi connectivity index (χ0v) is 20.2. The summed E-state index contributed by atoms with van der Waals surface area (Å²) in [5.41, 5.74) is 0.0648. The van der Waals surface area contributed by atoms with Crippen LogP contribution in [0.25, 0.3) is 0 Å². The van der Waals surface area contributed by atoms with E-state index in [0.29, 0.717) is 0 Å². The molecule has 0 unspecified atom stereocenters. The molecule has 4 nitrogen and oxygen atoms in total. The van der Waals surface area contributed by atoms with Crippen LogP contribution in [0.1, 0.15) is 111 Å². The molecular weight excluding hydrogens is 368 g/mol. The van der Waals surface area contributed by atoms with Gasteiger partial charge in [0.1, 0.15) is 0 Å². The third-order valence-corrected chi connectivity index (χ3v) is 4.26. The second kappa shape index (κ2) is 24.0. The standard InChI is InChI=1S/C18H36O2.C4H6O2.Ca/c1-17(2)15-13-11-9-7-5-3-4-6-8-10-12-14-16-18(19)20;1-3(2)4(5)6;/h17H,3-16H2,1-2H3,(H,19,20);1H2,2H3,(H,5,6);/q;;+2/p-2. The Kier molecular flexibility index (Phi) is 28.1. The van der Waals surface area contributed by atoms with Gasteiger partial charge < -0.3 is 19.8 Å². The summed E-state index contributed by atoms with van der Waals surface area (Å²) in [5.74, 6) is -1.23. The van der Waals surface area contributed by atoms with E-state index in [4.69, 9.17) is 0 Å². The molecule has 27 heavy (non-hydrogen) atoms. The SMILES string of the molecule is C=C(C)C(=O)[O-].CC(C)CCCCCCCCCCCCCCC(=O)[O-].[Ca+2]. The summed E-state index contributed by atoms with van der Waals surface area (Å²) in [5, 5.41) is 19.7. The molecule has 0 heterocycles. The van der Waals surface area contributed by atoms with Crippen molar-refractivity contribution < 1.29 is 19.8 Å². The molecule has 0 rings (SSSR count). The predicted octanol–water partition coefficient (Wildman–Crippen LogP) is 3.79. The van der Waals surface area contributed by atoms with E-state index in [9.17, 15) is 19.8 Å². The number of carboxylic acids is 2. The van der Waals surface area contributed by atoms with E-state index in [1.807, 2.05) is 0 Å². The van der Waals surface area contributed by atoms with E-state index in [-0.39, 0.29) is 49.7 Å². The minimum atomic E-state index is -1.19. The quantitative estimate of drug-likeness (QED) is 0.221. The Labute approximate surface area is 197 Å². The summed E-state index contributed by atoms with van der Waals surface area (Å²) >= 11 is 0. The summed E-state index contributed by atoms with van der Waals surface area (Å²) in [6, 6.07) is 0. The first-order chi connectivity index (χ1) is 12.3. The largest absolute Gasteiger partial charge is 2.00 e. The van der Waals surface area contributed by atoms with Crippen molar-refractivity contribution in [2.24, 2.45) is 5.92 Å². The van der Waals surface area contributed by atoms with E-state index >= 15 is 0 Å². The van der Waals surface area contributed by atoms with Gasteiger partial charge in [-0.2, -0.15) is 0 Å². The van der Waals surface area contributed by atoms with E-state index in [0.717, 1.165) is 18.8 Å². The van der Waals surface area contributed by atoms with Crippen LogP contribution in [-0.2, 0) is 9.59 Å². The smallest absolute Gasteiger partial charge is 0.550 e. The fourth-order valence-electron chi connectivity index (χ4n) is 2.59. The fourth-order valence-corrected chi connectivity index (χ4v) is 2.59. The molecule has 0 aromatic rings. The number of hydrogen-bond acceptors (Lipinski definition) is 4. The second-order valence-electron chi connectivity index (χ2n) is 7.61. The molecule has 0 N–H and O–H groups in total. The van der Waals surface area contributed by atoms with Crippen molar-refractivity contribution in [3.63, 3.8) is 0 Å². The maximum Gasteiger partial charge on any atom is 2.00 e. The van der Waals surface area contributed by atoms with Crippen LogP contribution in [0, 0.1) is 5.92 Å². The Balaban J connectivity index is -0.000000709. The topological polar surface area (TPSA) is 80.3 Å². The first-order valence-corrected chi connectivity index (χ1v) is 10.3. The van der Waals surface area contributed by atoms with Crippen molar-refractivity contribution in [2.75, 3.05) is 0 Å². The van der Waals surface area contributed by atoms with Crippen molar-refractivity contribution in [1.82, 2.24) is 0 Å². The molecule has 0 fully saturated rings. The molecule has 0 aliphatic rings. The molecule has 0 spiro atoms. The van der Waals surface area contributed by atoms with Gasteiger partial charge >= 0.3 is 37.7 Å². The van der Waals surface area contributed by atoms with Crippen molar-refractivity contribution in [1.29, 1.82) is 0 Å². The summed E-state index contributed by atoms with van der Waals surface area (Å²) in [6.45, 7) is 9.09. The predicted molar refractivity (Wildman–Crippen MR) is 110 cm³/mol. The van der Waals surface area contributed by atoms with Gasteiger partial charge in [-0.15, -0.1) is 0 Å². The molecule has 0 aromatic heterocycles. The third-order valence-electron chi connectivity index (χ3n) is 4.26. The zero-order valence-electron chi connectivity index (χ0n) is 18.0. The molecule has 0 aliphatic carbocycles. The molecule has 0 atom stereocenters. The Morgan fingerprint density at radius 2 is 1.04 bits per heavy atom. The monoisotopic (exact) mass is 408 g/mol. The number of carbonyl (C=O) groups excluding carboxylic acids is 2. The van der Waals surface area contributed by atoms with Crippen LogP contribution in [0.15, 0.2) is 12.2 Å². The van der Waals surface area contributed by atoms with Gasteiger partial charge in [-0.25, -0.2) is 0 Å². The first kappa shape index (κ1) is 31.6. The van der Waals surface area contributed by atoms with Crippen molar-refractivity contribution in [2.45, 2.75) is 111 Å². The average Bonchev–Trinajstić information content (AvgIpc) is 2.55. The van der Waals surface area contributed by atoms with E-state index in [2.05, 4.69) is 20.4 Å². The molecule has 0 aliphatic heterocycles. The van der Waals surface area contributed by atoms with Crippen LogP contribution in [0.2, 0.25) is 0 Å². The number of unbranched alkanes of at least 4 members (excludes halogenated alkanes) is 11. The van der Waals surface area contributed by atoms with Crippen molar-refractivity contribution in [3.8, 4) is 0 Å². The Bertz CT molecular complexity index is 355. The number of aliphatic carboxylic acids is 2. The van der Waals surface area contributed by atoms with Gasteiger partial charge in [-0.1, -0.05) is 97.5 Å². The zero-order chi connectivity index (χ0) is 20.2. The number of rotatable bonds is 16. The van der Waals surface area contributed by atoms with Gasteiger partial charge in [0.15, 0.2) is 0 Å². The third kappa shape index (κ3) is 33.9. The molecule has 5 heteroatoms. The summed E-state index contributed by atoms with van der Waals surface area (Å²) in [4.78, 5) is 19.7. The van der Waals surface area contributed by atoms with Gasteiger partial charge in [0, 0.05) is 5.97 Å². The van der Waals surface area contributed by atoms with Crippen LogP contribution < -0.4 is 10.2 Å². The molecular formula is C22H40CaO4. The first-order valence-electron chi connectivity index (χ1n) is 10.3. The van der Waals surface area contributed by atoms with E-state index in [1.54, 1.807) is 0 Å². The Morgan fingerprint density at radius 3 is 1.30 bits per heavy atom. The fraction of sp³-hybridized carbons (Fsp3) is 0.818. The van der Waals surface area contributed by atoms with Crippen LogP contribution in [0.4, 0.5) is 0 Å². The molecule has 154 valence electrons. The number of carbonyl (C=O) groups is 2. The summed E-state index contributed by atoms with van der Waals surface area (Å²) < 4.78 is 0. The van der Waals surface area contributed by atoms with E-state index < -0.39 is 11.9 Å². The van der Waals surface area contributed by atoms with Gasteiger partial charge in [0.2, 0.25) is 0 Å².